The molecule has 0 aromatic carbocycles. The van der Waals surface area contributed by atoms with Crippen LogP contribution in [0.1, 0.15) is 0 Å². The topological polar surface area (TPSA) is 169 Å². The lowest BCUT2D eigenvalue weighted by Gasteiger charge is -2.06. The Bertz CT molecular complexity index is 755. The number of aliphatic hydroxyl groups is 2. The fourth-order valence-electron chi connectivity index (χ4n) is 2.26. The molecule has 2 amide bonds. The van der Waals surface area contributed by atoms with E-state index in [9.17, 15) is 18.7 Å². The van der Waals surface area contributed by atoms with Crippen LogP contribution in [0.4, 0.5) is 9.59 Å². The molecule has 4 N–H and O–H groups in total. The Hall–Kier alpha value is 2.32. The third kappa shape index (κ3) is 39.0. The van der Waals surface area contributed by atoms with E-state index in [1.54, 1.807) is 76.1 Å². The van der Waals surface area contributed by atoms with Crippen molar-refractivity contribution in [3.05, 3.63) is 0 Å². The molecular weight excluding hydrogens is 813 g/mol. The van der Waals surface area contributed by atoms with Gasteiger partial charge in [-0.2, -0.15) is 11.8 Å². The molecule has 264 valence electrons. The number of aliphatic hydroxyl groups excluding tert-OH is 2. The molecule has 45 heavy (non-hydrogen) atoms. The standard InChI is InChI=1S/C23H44N4O6S12/c28-15-40-20-43-23(31)27-4-8-37-17-34-5-1-24-13-44(32)12-11-39-19-38-9-10-42-22(30)26-3-7-36-18-35-6-2-25-14-45(33)21-41-16-29/h13-14,28-29H,1-12,15-21H2,(H,26,30)(H,27,31)/b24-13-,25-14-. The number of aliphatic imine (C=N–C) groups is 2. The van der Waals surface area contributed by atoms with Gasteiger partial charge in [-0.15, -0.1) is 70.6 Å². The molecule has 0 aliphatic heterocycles. The van der Waals surface area contributed by atoms with Crippen molar-refractivity contribution >= 4 is 162 Å². The van der Waals surface area contributed by atoms with Crippen LogP contribution in [0.2, 0.25) is 0 Å². The first-order valence-electron chi connectivity index (χ1n) is 13.4. The van der Waals surface area contributed by atoms with Gasteiger partial charge in [0.2, 0.25) is 11.1 Å². The van der Waals surface area contributed by atoms with E-state index < -0.39 is 22.4 Å². The molecule has 0 aliphatic carbocycles. The van der Waals surface area contributed by atoms with E-state index in [-0.39, 0.29) is 22.4 Å². The third-order valence-electron chi connectivity index (χ3n) is 4.19. The second-order valence-electron chi connectivity index (χ2n) is 7.62. The van der Waals surface area contributed by atoms with Gasteiger partial charge in [-0.1, -0.05) is 35.3 Å². The molecule has 0 spiro atoms. The maximum Gasteiger partial charge on any atom is 0.279 e. The summed E-state index contributed by atoms with van der Waals surface area (Å²) < 4.78 is 23.5. The number of amides is 2. The maximum atomic E-state index is 12.1. The molecule has 0 bridgehead atoms. The number of thioether (sulfide) groups is 10. The van der Waals surface area contributed by atoms with Crippen LogP contribution >= 0.6 is 118 Å². The molecule has 0 saturated heterocycles. The zero-order valence-corrected chi connectivity index (χ0v) is 34.7. The molecule has 10 nitrogen and oxygen atoms in total. The van der Waals surface area contributed by atoms with Crippen molar-refractivity contribution in [2.24, 2.45) is 9.98 Å². The number of carbonyl (C=O) groups is 2. The molecule has 0 aliphatic rings. The van der Waals surface area contributed by atoms with Gasteiger partial charge in [0.25, 0.3) is 10.5 Å². The number of nitrogens with zero attached hydrogens (tertiary/aromatic N) is 2. The summed E-state index contributed by atoms with van der Waals surface area (Å²) in [6.07, 6.45) is 0. The Labute approximate surface area is 317 Å². The van der Waals surface area contributed by atoms with Crippen molar-refractivity contribution in [2.45, 2.75) is 0 Å². The molecular formula is C23H44N4O6S12. The molecule has 0 radical (unpaired) electrons. The fourth-order valence-corrected chi connectivity index (χ4v) is 12.9. The molecule has 22 heteroatoms. The van der Waals surface area contributed by atoms with Gasteiger partial charge in [0.05, 0.1) is 30.1 Å². The van der Waals surface area contributed by atoms with E-state index in [1.807, 2.05) is 0 Å². The first-order chi connectivity index (χ1) is 22.0. The smallest absolute Gasteiger partial charge is 0.279 e. The van der Waals surface area contributed by atoms with Crippen LogP contribution in [0.15, 0.2) is 9.98 Å². The van der Waals surface area contributed by atoms with Crippen molar-refractivity contribution in [1.82, 2.24) is 10.6 Å². The van der Waals surface area contributed by atoms with E-state index in [4.69, 9.17) is 10.2 Å². The lowest BCUT2D eigenvalue weighted by molar-refractivity contribution is 0.260. The molecule has 2 unspecified atom stereocenters. The van der Waals surface area contributed by atoms with Crippen molar-refractivity contribution in [3.63, 3.8) is 0 Å². The second-order valence-corrected chi connectivity index (χ2v) is 22.6. The van der Waals surface area contributed by atoms with Crippen molar-refractivity contribution in [3.8, 4) is 0 Å². The first-order valence-corrected chi connectivity index (χ1v) is 27.4. The molecule has 0 rings (SSSR count). The summed E-state index contributed by atoms with van der Waals surface area (Å²) in [6, 6.07) is 0. The Balaban J connectivity index is 3.40. The summed E-state index contributed by atoms with van der Waals surface area (Å²) in [5.41, 5.74) is 3.01. The molecule has 0 aromatic rings. The summed E-state index contributed by atoms with van der Waals surface area (Å²) in [4.78, 5) is 31.8. The Morgan fingerprint density at radius 1 is 0.600 bits per heavy atom. The molecule has 2 atom stereocenters. The third-order valence-corrected chi connectivity index (χ3v) is 17.3. The highest BCUT2D eigenvalue weighted by atomic mass is 32.3. The van der Waals surface area contributed by atoms with E-state index >= 15 is 0 Å². The number of hydrogen-bond acceptors (Lipinski definition) is 18. The van der Waals surface area contributed by atoms with Crippen LogP contribution < -0.4 is 10.6 Å². The molecule has 0 fully saturated rings. The highest BCUT2D eigenvalue weighted by Gasteiger charge is 2.05. The average Bonchev–Trinajstić information content (AvgIpc) is 3.03. The minimum Gasteiger partial charge on any atom is -0.611 e. The van der Waals surface area contributed by atoms with Gasteiger partial charge in [-0.25, -0.2) is 9.98 Å². The lowest BCUT2D eigenvalue weighted by Crippen LogP contribution is -2.22. The summed E-state index contributed by atoms with van der Waals surface area (Å²) in [7, 11) is 0. The zero-order valence-electron chi connectivity index (χ0n) is 24.9. The number of rotatable bonds is 32. The van der Waals surface area contributed by atoms with Gasteiger partial charge in [0, 0.05) is 79.8 Å². The predicted octanol–water partition coefficient (Wildman–Crippen LogP) is 4.98. The zero-order chi connectivity index (χ0) is 33.1. The highest BCUT2D eigenvalue weighted by molar-refractivity contribution is 8.23. The van der Waals surface area contributed by atoms with Gasteiger partial charge in [0.15, 0.2) is 5.08 Å². The second kappa shape index (κ2) is 39.1. The fraction of sp³-hybridized carbons (Fsp3) is 0.826. The monoisotopic (exact) mass is 856 g/mol. The lowest BCUT2D eigenvalue weighted by atomic mass is 10.8. The Morgan fingerprint density at radius 3 is 1.71 bits per heavy atom. The minimum atomic E-state index is -1.12. The van der Waals surface area contributed by atoms with E-state index in [1.165, 1.54) is 52.6 Å². The summed E-state index contributed by atoms with van der Waals surface area (Å²) in [5.74, 6) is 6.50. The minimum absolute atomic E-state index is 0.00997. The highest BCUT2D eigenvalue weighted by Crippen LogP contribution is 2.16. The van der Waals surface area contributed by atoms with Gasteiger partial charge in [-0.05, 0) is 11.2 Å². The SMILES string of the molecule is O=C(NCCSCSCC/N=C\[S+]([O-])CSCO)SCCSCSCC[S+]([O-])/C=N\CCSCSCCNC(=O)SCSCO. The first kappa shape index (κ1) is 47.3. The van der Waals surface area contributed by atoms with Crippen molar-refractivity contribution in [1.29, 1.82) is 0 Å². The van der Waals surface area contributed by atoms with Crippen LogP contribution in [0.25, 0.3) is 0 Å². The van der Waals surface area contributed by atoms with Crippen LogP contribution in [0.5, 0.6) is 0 Å². The Morgan fingerprint density at radius 2 is 1.11 bits per heavy atom. The van der Waals surface area contributed by atoms with Crippen LogP contribution in [-0.4, -0.2) is 150 Å². The normalized spacial score (nSPS) is 13.1. The van der Waals surface area contributed by atoms with Gasteiger partial charge < -0.3 is 30.0 Å². The van der Waals surface area contributed by atoms with Crippen LogP contribution in [0, 0.1) is 0 Å². The molecule has 0 saturated carbocycles. The van der Waals surface area contributed by atoms with Crippen molar-refractivity contribution < 1.29 is 28.9 Å². The van der Waals surface area contributed by atoms with Gasteiger partial charge in [-0.3, -0.25) is 9.59 Å². The van der Waals surface area contributed by atoms with Crippen LogP contribution in [0.3, 0.4) is 0 Å². The van der Waals surface area contributed by atoms with Crippen LogP contribution in [-0.2, 0) is 22.4 Å². The summed E-state index contributed by atoms with van der Waals surface area (Å²) in [6.45, 7) is 2.55. The maximum absolute atomic E-state index is 12.1. The average molecular weight is 857 g/mol. The largest absolute Gasteiger partial charge is 0.611 e. The number of nitrogens with one attached hydrogen (secondary N) is 2. The predicted molar refractivity (Wildman–Crippen MR) is 223 cm³/mol. The number of hydrogen-bond donors (Lipinski definition) is 4. The molecule has 0 aromatic heterocycles. The van der Waals surface area contributed by atoms with Gasteiger partial charge >= 0.3 is 0 Å². The van der Waals surface area contributed by atoms with E-state index in [2.05, 4.69) is 20.6 Å². The van der Waals surface area contributed by atoms with Gasteiger partial charge in [0.1, 0.15) is 5.75 Å². The number of carbonyl (C=O) groups excluding carboxylic acids is 2. The quantitative estimate of drug-likeness (QED) is 0.0235. The van der Waals surface area contributed by atoms with Crippen molar-refractivity contribution in [2.75, 3.05) is 110 Å². The summed E-state index contributed by atoms with van der Waals surface area (Å²) >= 11 is 13.4. The summed E-state index contributed by atoms with van der Waals surface area (Å²) in [5, 5.41) is 26.7. The molecule has 0 heterocycles. The Kier molecular flexibility index (Phi) is 41.1. The van der Waals surface area contributed by atoms with E-state index in [0.717, 1.165) is 55.5 Å². The van der Waals surface area contributed by atoms with E-state index in [0.29, 0.717) is 42.1 Å².